The van der Waals surface area contributed by atoms with Gasteiger partial charge in [0, 0.05) is 31.1 Å². The van der Waals surface area contributed by atoms with Crippen LogP contribution in [0.25, 0.3) is 0 Å². The largest absolute Gasteiger partial charge is 0.378 e. The predicted octanol–water partition coefficient (Wildman–Crippen LogP) is 2.13. The lowest BCUT2D eigenvalue weighted by molar-refractivity contribution is -0.114. The number of carbonyl (C=O) groups is 1. The van der Waals surface area contributed by atoms with Crippen LogP contribution in [0.2, 0.25) is 0 Å². The summed E-state index contributed by atoms with van der Waals surface area (Å²) in [7, 11) is 4.00. The maximum absolute atomic E-state index is 11.9. The van der Waals surface area contributed by atoms with Gasteiger partial charge in [-0.1, -0.05) is 12.1 Å². The third kappa shape index (κ3) is 2.82. The molecule has 1 aromatic rings. The topological polar surface area (TPSA) is 44.4 Å². The number of thiocarbonyl (C=S) groups is 1. The van der Waals surface area contributed by atoms with Crippen LogP contribution in [0, 0.1) is 0 Å². The van der Waals surface area contributed by atoms with Crippen LogP contribution in [0.5, 0.6) is 0 Å². The van der Waals surface area contributed by atoms with Gasteiger partial charge in [0.2, 0.25) is 0 Å². The zero-order valence-electron chi connectivity index (χ0n) is 12.2. The van der Waals surface area contributed by atoms with Crippen LogP contribution in [0.1, 0.15) is 25.5 Å². The van der Waals surface area contributed by atoms with Gasteiger partial charge < -0.3 is 15.5 Å². The Morgan fingerprint density at radius 1 is 1.25 bits per heavy atom. The van der Waals surface area contributed by atoms with Gasteiger partial charge in [-0.15, -0.1) is 0 Å². The zero-order chi connectivity index (χ0) is 14.9. The van der Waals surface area contributed by atoms with Crippen molar-refractivity contribution in [3.8, 4) is 0 Å². The molecule has 1 heterocycles. The van der Waals surface area contributed by atoms with Crippen LogP contribution in [-0.2, 0) is 4.79 Å². The highest BCUT2D eigenvalue weighted by Gasteiger charge is 2.27. The first-order valence-electron chi connectivity index (χ1n) is 6.46. The molecule has 5 heteroatoms. The highest BCUT2D eigenvalue weighted by molar-refractivity contribution is 7.80. The number of anilines is 1. The summed E-state index contributed by atoms with van der Waals surface area (Å²) in [4.78, 5) is 13.9. The number of rotatable bonds is 3. The summed E-state index contributed by atoms with van der Waals surface area (Å²) in [6, 6.07) is 7.94. The van der Waals surface area contributed by atoms with Crippen LogP contribution < -0.4 is 15.5 Å². The number of hydrogen-bond donors (Lipinski definition) is 2. The fourth-order valence-electron chi connectivity index (χ4n) is 2.38. The fourth-order valence-corrected chi connectivity index (χ4v) is 2.65. The molecule has 0 saturated heterocycles. The van der Waals surface area contributed by atoms with Crippen LogP contribution >= 0.6 is 12.2 Å². The number of ketones is 1. The third-order valence-corrected chi connectivity index (χ3v) is 3.61. The molecule has 20 heavy (non-hydrogen) atoms. The Bertz CT molecular complexity index is 575. The van der Waals surface area contributed by atoms with Gasteiger partial charge in [0.15, 0.2) is 10.9 Å². The van der Waals surface area contributed by atoms with Gasteiger partial charge in [-0.3, -0.25) is 4.79 Å². The summed E-state index contributed by atoms with van der Waals surface area (Å²) in [6.45, 7) is 3.46. The molecular weight excluding hydrogens is 270 g/mol. The van der Waals surface area contributed by atoms with Crippen molar-refractivity contribution in [2.45, 2.75) is 19.9 Å². The van der Waals surface area contributed by atoms with Gasteiger partial charge in [0.25, 0.3) is 0 Å². The van der Waals surface area contributed by atoms with E-state index in [0.717, 1.165) is 22.5 Å². The molecule has 0 radical (unpaired) electrons. The van der Waals surface area contributed by atoms with Crippen molar-refractivity contribution in [1.82, 2.24) is 10.6 Å². The van der Waals surface area contributed by atoms with Crippen molar-refractivity contribution in [3.63, 3.8) is 0 Å². The summed E-state index contributed by atoms with van der Waals surface area (Å²) < 4.78 is 0. The van der Waals surface area contributed by atoms with E-state index in [9.17, 15) is 4.79 Å². The van der Waals surface area contributed by atoms with E-state index in [0.29, 0.717) is 5.11 Å². The quantitative estimate of drug-likeness (QED) is 0.835. The molecule has 1 aromatic carbocycles. The minimum atomic E-state index is -0.183. The summed E-state index contributed by atoms with van der Waals surface area (Å²) in [6.07, 6.45) is 0. The number of hydrogen-bond acceptors (Lipinski definition) is 3. The number of carbonyl (C=O) groups excluding carboxylic acids is 1. The Kier molecular flexibility index (Phi) is 4.09. The first kappa shape index (κ1) is 14.5. The Hall–Kier alpha value is -1.88. The van der Waals surface area contributed by atoms with Crippen LogP contribution in [0.4, 0.5) is 5.69 Å². The van der Waals surface area contributed by atoms with Crippen molar-refractivity contribution < 1.29 is 4.79 Å². The van der Waals surface area contributed by atoms with E-state index >= 15 is 0 Å². The van der Waals surface area contributed by atoms with E-state index in [4.69, 9.17) is 12.2 Å². The molecule has 2 rings (SSSR count). The summed E-state index contributed by atoms with van der Waals surface area (Å²) >= 11 is 5.19. The Morgan fingerprint density at radius 3 is 2.35 bits per heavy atom. The average molecular weight is 289 g/mol. The second kappa shape index (κ2) is 5.63. The van der Waals surface area contributed by atoms with Gasteiger partial charge in [0.1, 0.15) is 0 Å². The molecule has 0 spiro atoms. The van der Waals surface area contributed by atoms with Crippen molar-refractivity contribution in [2.24, 2.45) is 0 Å². The molecule has 1 atom stereocenters. The van der Waals surface area contributed by atoms with E-state index in [2.05, 4.69) is 10.6 Å². The van der Waals surface area contributed by atoms with Gasteiger partial charge >= 0.3 is 0 Å². The average Bonchev–Trinajstić information content (AvgIpc) is 2.37. The molecular formula is C15H19N3OS. The number of benzene rings is 1. The molecule has 0 fully saturated rings. The summed E-state index contributed by atoms with van der Waals surface area (Å²) in [5.74, 6) is 0.0479. The molecule has 0 saturated carbocycles. The normalized spacial score (nSPS) is 18.4. The zero-order valence-corrected chi connectivity index (χ0v) is 13.0. The molecule has 4 nitrogen and oxygen atoms in total. The van der Waals surface area contributed by atoms with Gasteiger partial charge in [-0.2, -0.15) is 0 Å². The minimum absolute atomic E-state index is 0.0479. The molecule has 106 valence electrons. The lowest BCUT2D eigenvalue weighted by atomic mass is 9.93. The number of Topliss-reactive ketones (excluding diaryl/α,β-unsaturated/α-hetero) is 1. The second-order valence-electron chi connectivity index (χ2n) is 5.11. The van der Waals surface area contributed by atoms with Crippen molar-refractivity contribution >= 4 is 28.8 Å². The van der Waals surface area contributed by atoms with E-state index in [1.54, 1.807) is 6.92 Å². The van der Waals surface area contributed by atoms with Crippen molar-refractivity contribution in [3.05, 3.63) is 41.1 Å². The summed E-state index contributed by atoms with van der Waals surface area (Å²) in [5, 5.41) is 6.73. The van der Waals surface area contributed by atoms with Crippen LogP contribution in [0.3, 0.4) is 0 Å². The maximum Gasteiger partial charge on any atom is 0.171 e. The van der Waals surface area contributed by atoms with E-state index in [1.165, 1.54) is 0 Å². The third-order valence-electron chi connectivity index (χ3n) is 3.39. The SMILES string of the molecule is CC(=O)C1=C(C)NC(=S)N[C@@H]1c1ccc(N(C)C)cc1. The lowest BCUT2D eigenvalue weighted by Gasteiger charge is -2.30. The Morgan fingerprint density at radius 2 is 1.85 bits per heavy atom. The first-order valence-corrected chi connectivity index (χ1v) is 6.87. The van der Waals surface area contributed by atoms with Gasteiger partial charge in [-0.05, 0) is 43.8 Å². The smallest absolute Gasteiger partial charge is 0.171 e. The molecule has 0 amide bonds. The van der Waals surface area contributed by atoms with Crippen molar-refractivity contribution in [1.29, 1.82) is 0 Å². The molecule has 0 aliphatic carbocycles. The number of nitrogens with one attached hydrogen (secondary N) is 2. The van der Waals surface area contributed by atoms with Crippen LogP contribution in [0.15, 0.2) is 35.5 Å². The monoisotopic (exact) mass is 289 g/mol. The highest BCUT2D eigenvalue weighted by atomic mass is 32.1. The van der Waals surface area contributed by atoms with Gasteiger partial charge in [-0.25, -0.2) is 0 Å². The van der Waals surface area contributed by atoms with E-state index < -0.39 is 0 Å². The van der Waals surface area contributed by atoms with E-state index in [-0.39, 0.29) is 11.8 Å². The lowest BCUT2D eigenvalue weighted by Crippen LogP contribution is -2.44. The first-order chi connectivity index (χ1) is 9.40. The second-order valence-corrected chi connectivity index (χ2v) is 5.52. The minimum Gasteiger partial charge on any atom is -0.378 e. The summed E-state index contributed by atoms with van der Waals surface area (Å²) in [5.41, 5.74) is 3.71. The molecule has 0 aromatic heterocycles. The predicted molar refractivity (Wildman–Crippen MR) is 85.8 cm³/mol. The number of allylic oxidation sites excluding steroid dienone is 1. The molecule has 0 bridgehead atoms. The Labute approximate surface area is 124 Å². The van der Waals surface area contributed by atoms with Crippen LogP contribution in [-0.4, -0.2) is 25.0 Å². The fraction of sp³-hybridized carbons (Fsp3) is 0.333. The number of nitrogens with zero attached hydrogens (tertiary/aromatic N) is 1. The Balaban J connectivity index is 2.41. The van der Waals surface area contributed by atoms with Gasteiger partial charge in [0.05, 0.1) is 6.04 Å². The molecule has 1 aliphatic heterocycles. The highest BCUT2D eigenvalue weighted by Crippen LogP contribution is 2.28. The van der Waals surface area contributed by atoms with E-state index in [1.807, 2.05) is 50.2 Å². The molecule has 1 aliphatic rings. The van der Waals surface area contributed by atoms with Crippen molar-refractivity contribution in [2.75, 3.05) is 19.0 Å². The molecule has 0 unspecified atom stereocenters. The standard InChI is InChI=1S/C15H19N3OS/c1-9-13(10(2)19)14(17-15(20)16-9)11-5-7-12(8-6-11)18(3)4/h5-8,14H,1-4H3,(H2,16,17,20)/t14-/m1/s1. The molecule has 2 N–H and O–H groups in total. The maximum atomic E-state index is 11.9.